The Kier molecular flexibility index (Phi) is 6.29. The average Bonchev–Trinajstić information content (AvgIpc) is 3.52. The van der Waals surface area contributed by atoms with E-state index in [2.05, 4.69) is 20.4 Å². The second kappa shape index (κ2) is 9.26. The Morgan fingerprint density at radius 1 is 1.17 bits per heavy atom. The predicted octanol–water partition coefficient (Wildman–Crippen LogP) is 4.28. The van der Waals surface area contributed by atoms with Gasteiger partial charge in [-0.25, -0.2) is 0 Å². The first kappa shape index (κ1) is 20.4. The van der Waals surface area contributed by atoms with Gasteiger partial charge in [-0.1, -0.05) is 24.8 Å². The summed E-state index contributed by atoms with van der Waals surface area (Å²) in [5, 5.41) is 18.4. The van der Waals surface area contributed by atoms with Crippen LogP contribution in [0.4, 0.5) is 0 Å². The van der Waals surface area contributed by atoms with E-state index >= 15 is 0 Å². The van der Waals surface area contributed by atoms with E-state index in [0.717, 1.165) is 16.9 Å². The number of carbonyl (C=O) groups excluding carboxylic acids is 1. The van der Waals surface area contributed by atoms with Crippen LogP contribution in [0.5, 0.6) is 0 Å². The zero-order valence-corrected chi connectivity index (χ0v) is 18.0. The molecule has 0 spiro atoms. The summed E-state index contributed by atoms with van der Waals surface area (Å²) >= 11 is 2.72. The standard InChI is InChI=1S/C19H19N5O4S2/c1-3-7-24(10-15-20-22-18(27-15)14-5-4-9-29-14)16(25)11-30-19-23-21-17(28-19)13-6-8-26-12(13)2/h4-6,8-9H,3,7,10-11H2,1-2H3. The smallest absolute Gasteiger partial charge is 0.277 e. The third-order valence-electron chi connectivity index (χ3n) is 4.19. The number of aryl methyl sites for hydroxylation is 1. The van der Waals surface area contributed by atoms with Crippen LogP contribution in [0.1, 0.15) is 25.0 Å². The fourth-order valence-electron chi connectivity index (χ4n) is 2.74. The monoisotopic (exact) mass is 445 g/mol. The van der Waals surface area contributed by atoms with Gasteiger partial charge in [0.1, 0.15) is 5.76 Å². The summed E-state index contributed by atoms with van der Waals surface area (Å²) in [5.41, 5.74) is 0.742. The topological polar surface area (TPSA) is 111 Å². The maximum Gasteiger partial charge on any atom is 0.277 e. The molecule has 156 valence electrons. The highest BCUT2D eigenvalue weighted by atomic mass is 32.2. The first-order valence-corrected chi connectivity index (χ1v) is 11.2. The van der Waals surface area contributed by atoms with E-state index in [4.69, 9.17) is 13.3 Å². The van der Waals surface area contributed by atoms with Crippen LogP contribution in [0.15, 0.2) is 48.3 Å². The van der Waals surface area contributed by atoms with Gasteiger partial charge in [0.15, 0.2) is 0 Å². The van der Waals surface area contributed by atoms with E-state index in [9.17, 15) is 4.79 Å². The van der Waals surface area contributed by atoms with Crippen molar-refractivity contribution >= 4 is 29.0 Å². The molecule has 4 rings (SSSR count). The van der Waals surface area contributed by atoms with Gasteiger partial charge in [-0.2, -0.15) is 0 Å². The van der Waals surface area contributed by atoms with Crippen LogP contribution in [-0.4, -0.2) is 43.5 Å². The van der Waals surface area contributed by atoms with E-state index in [1.807, 2.05) is 31.4 Å². The second-order valence-corrected chi connectivity index (χ2v) is 8.22. The highest BCUT2D eigenvalue weighted by Crippen LogP contribution is 2.27. The number of rotatable bonds is 9. The highest BCUT2D eigenvalue weighted by Gasteiger charge is 2.20. The van der Waals surface area contributed by atoms with E-state index in [1.54, 1.807) is 17.2 Å². The largest absolute Gasteiger partial charge is 0.469 e. The molecule has 4 aromatic rings. The zero-order chi connectivity index (χ0) is 20.9. The Morgan fingerprint density at radius 2 is 2.03 bits per heavy atom. The van der Waals surface area contributed by atoms with Crippen LogP contribution in [0, 0.1) is 6.92 Å². The molecule has 30 heavy (non-hydrogen) atoms. The van der Waals surface area contributed by atoms with E-state index in [1.165, 1.54) is 23.1 Å². The lowest BCUT2D eigenvalue weighted by atomic mass is 10.3. The lowest BCUT2D eigenvalue weighted by Crippen LogP contribution is -2.32. The highest BCUT2D eigenvalue weighted by molar-refractivity contribution is 7.99. The van der Waals surface area contributed by atoms with Gasteiger partial charge in [-0.15, -0.1) is 31.7 Å². The lowest BCUT2D eigenvalue weighted by molar-refractivity contribution is -0.129. The Morgan fingerprint density at radius 3 is 2.77 bits per heavy atom. The molecule has 4 heterocycles. The number of carbonyl (C=O) groups is 1. The fourth-order valence-corrected chi connectivity index (χ4v) is 4.05. The molecular weight excluding hydrogens is 426 g/mol. The Balaban J connectivity index is 1.37. The minimum atomic E-state index is -0.0723. The van der Waals surface area contributed by atoms with Crippen molar-refractivity contribution in [3.8, 4) is 22.2 Å². The summed E-state index contributed by atoms with van der Waals surface area (Å²) < 4.78 is 16.6. The van der Waals surface area contributed by atoms with Gasteiger partial charge in [0.05, 0.1) is 29.0 Å². The molecule has 0 saturated carbocycles. The second-order valence-electron chi connectivity index (χ2n) is 6.35. The molecular formula is C19H19N5O4S2. The SMILES string of the molecule is CCCN(Cc1nnc(-c2cccs2)o1)C(=O)CSc1nnc(-c2ccoc2C)o1. The maximum absolute atomic E-state index is 12.7. The van der Waals surface area contributed by atoms with Crippen molar-refractivity contribution in [2.45, 2.75) is 32.0 Å². The molecule has 0 aliphatic carbocycles. The molecule has 0 aliphatic rings. The Labute approximate surface area is 180 Å². The van der Waals surface area contributed by atoms with Crippen molar-refractivity contribution in [1.82, 2.24) is 25.3 Å². The summed E-state index contributed by atoms with van der Waals surface area (Å²) in [6.45, 7) is 4.67. The van der Waals surface area contributed by atoms with Crippen LogP contribution < -0.4 is 0 Å². The average molecular weight is 446 g/mol. The molecule has 0 aliphatic heterocycles. The molecule has 0 aromatic carbocycles. The predicted molar refractivity (Wildman–Crippen MR) is 111 cm³/mol. The normalized spacial score (nSPS) is 11.1. The molecule has 0 unspecified atom stereocenters. The number of amides is 1. The molecule has 9 nitrogen and oxygen atoms in total. The minimum Gasteiger partial charge on any atom is -0.469 e. The maximum atomic E-state index is 12.7. The van der Waals surface area contributed by atoms with Crippen molar-refractivity contribution in [1.29, 1.82) is 0 Å². The van der Waals surface area contributed by atoms with Gasteiger partial charge in [0.2, 0.25) is 11.8 Å². The molecule has 11 heteroatoms. The summed E-state index contributed by atoms with van der Waals surface area (Å²) in [6.07, 6.45) is 2.38. The van der Waals surface area contributed by atoms with Crippen molar-refractivity contribution < 1.29 is 18.0 Å². The zero-order valence-electron chi connectivity index (χ0n) is 16.4. The number of thiophene rings is 1. The summed E-state index contributed by atoms with van der Waals surface area (Å²) in [6, 6.07) is 5.60. The summed E-state index contributed by atoms with van der Waals surface area (Å²) in [4.78, 5) is 15.3. The molecule has 0 atom stereocenters. The van der Waals surface area contributed by atoms with Gasteiger partial charge >= 0.3 is 0 Å². The third kappa shape index (κ3) is 4.62. The molecule has 0 fully saturated rings. The van der Waals surface area contributed by atoms with Gasteiger partial charge in [-0.3, -0.25) is 4.79 Å². The van der Waals surface area contributed by atoms with Gasteiger partial charge in [0.25, 0.3) is 17.0 Å². The van der Waals surface area contributed by atoms with E-state index in [-0.39, 0.29) is 18.2 Å². The molecule has 0 saturated heterocycles. The van der Waals surface area contributed by atoms with Crippen molar-refractivity contribution in [2.24, 2.45) is 0 Å². The fraction of sp³-hybridized carbons (Fsp3) is 0.316. The van der Waals surface area contributed by atoms with E-state index < -0.39 is 0 Å². The number of furan rings is 1. The van der Waals surface area contributed by atoms with Gasteiger partial charge < -0.3 is 18.2 Å². The van der Waals surface area contributed by atoms with E-state index in [0.29, 0.717) is 35.2 Å². The third-order valence-corrected chi connectivity index (χ3v) is 5.85. The summed E-state index contributed by atoms with van der Waals surface area (Å²) in [5.74, 6) is 2.03. The number of nitrogens with zero attached hydrogens (tertiary/aromatic N) is 5. The van der Waals surface area contributed by atoms with Crippen LogP contribution in [0.3, 0.4) is 0 Å². The Hall–Kier alpha value is -2.92. The molecule has 0 N–H and O–H groups in total. The summed E-state index contributed by atoms with van der Waals surface area (Å²) in [7, 11) is 0. The lowest BCUT2D eigenvalue weighted by Gasteiger charge is -2.19. The number of thioether (sulfide) groups is 1. The van der Waals surface area contributed by atoms with Crippen molar-refractivity contribution in [2.75, 3.05) is 12.3 Å². The quantitative estimate of drug-likeness (QED) is 0.348. The molecule has 0 bridgehead atoms. The minimum absolute atomic E-state index is 0.0723. The van der Waals surface area contributed by atoms with Crippen LogP contribution in [0.2, 0.25) is 0 Å². The number of hydrogen-bond donors (Lipinski definition) is 0. The van der Waals surface area contributed by atoms with Crippen LogP contribution >= 0.6 is 23.1 Å². The Bertz CT molecular complexity index is 1100. The first-order valence-electron chi connectivity index (χ1n) is 9.29. The molecule has 0 radical (unpaired) electrons. The van der Waals surface area contributed by atoms with Gasteiger partial charge in [-0.05, 0) is 30.9 Å². The van der Waals surface area contributed by atoms with Crippen LogP contribution in [0.25, 0.3) is 22.2 Å². The molecule has 1 amide bonds. The first-order chi connectivity index (χ1) is 14.6. The number of hydrogen-bond acceptors (Lipinski definition) is 10. The van der Waals surface area contributed by atoms with Crippen molar-refractivity contribution in [3.63, 3.8) is 0 Å². The van der Waals surface area contributed by atoms with Crippen LogP contribution in [-0.2, 0) is 11.3 Å². The number of aromatic nitrogens is 4. The van der Waals surface area contributed by atoms with Crippen molar-refractivity contribution in [3.05, 3.63) is 41.5 Å². The van der Waals surface area contributed by atoms with Gasteiger partial charge in [0, 0.05) is 6.54 Å². The molecule has 4 aromatic heterocycles.